The van der Waals surface area contributed by atoms with Gasteiger partial charge in [-0.3, -0.25) is 4.79 Å². The number of halogens is 3. The molecule has 0 aliphatic rings. The summed E-state index contributed by atoms with van der Waals surface area (Å²) in [7, 11) is 1.57. The van der Waals surface area contributed by atoms with Gasteiger partial charge in [-0.25, -0.2) is 13.2 Å². The Bertz CT molecular complexity index is 383. The van der Waals surface area contributed by atoms with E-state index in [4.69, 9.17) is 0 Å². The number of rotatable bonds is 4. The Balaban J connectivity index is 2.93. The third-order valence-corrected chi connectivity index (χ3v) is 2.32. The number of nitrogens with one attached hydrogen (secondary N) is 1. The van der Waals surface area contributed by atoms with Crippen molar-refractivity contribution in [3.8, 4) is 0 Å². The lowest BCUT2D eigenvalue weighted by atomic mass is 10.0. The third-order valence-electron chi connectivity index (χ3n) is 2.32. The van der Waals surface area contributed by atoms with Gasteiger partial charge >= 0.3 is 0 Å². The van der Waals surface area contributed by atoms with Crippen molar-refractivity contribution in [2.45, 2.75) is 19.4 Å². The average Bonchev–Trinajstić information content (AvgIpc) is 2.21. The van der Waals surface area contributed by atoms with E-state index in [9.17, 15) is 18.0 Å². The van der Waals surface area contributed by atoms with E-state index in [0.717, 1.165) is 12.1 Å². The molecule has 0 aromatic heterocycles. The number of carbonyl (C=O) groups is 1. The van der Waals surface area contributed by atoms with Crippen LogP contribution in [0.5, 0.6) is 0 Å². The molecule has 1 aromatic rings. The molecule has 1 aromatic carbocycles. The molecule has 0 heterocycles. The minimum Gasteiger partial charge on any atom is -0.310 e. The third kappa shape index (κ3) is 2.82. The lowest BCUT2D eigenvalue weighted by molar-refractivity contribution is -0.118. The van der Waals surface area contributed by atoms with Crippen LogP contribution in [0.15, 0.2) is 12.1 Å². The molecule has 16 heavy (non-hydrogen) atoms. The van der Waals surface area contributed by atoms with E-state index in [1.54, 1.807) is 7.05 Å². The van der Waals surface area contributed by atoms with Gasteiger partial charge in [-0.2, -0.15) is 0 Å². The first-order valence-corrected chi connectivity index (χ1v) is 4.76. The number of ketones is 1. The predicted octanol–water partition coefficient (Wildman–Crippen LogP) is 1.82. The topological polar surface area (TPSA) is 29.1 Å². The molecule has 2 nitrogen and oxygen atoms in total. The van der Waals surface area contributed by atoms with Crippen LogP contribution in [-0.2, 0) is 11.2 Å². The van der Waals surface area contributed by atoms with Gasteiger partial charge in [-0.05, 0) is 38.1 Å². The zero-order chi connectivity index (χ0) is 12.3. The van der Waals surface area contributed by atoms with Crippen molar-refractivity contribution < 1.29 is 18.0 Å². The van der Waals surface area contributed by atoms with Crippen molar-refractivity contribution in [1.82, 2.24) is 5.32 Å². The Labute approximate surface area is 91.5 Å². The van der Waals surface area contributed by atoms with Gasteiger partial charge in [0.1, 0.15) is 5.78 Å². The number of hydrogen-bond donors (Lipinski definition) is 1. The summed E-state index contributed by atoms with van der Waals surface area (Å²) in [5, 5.41) is 2.72. The van der Waals surface area contributed by atoms with Gasteiger partial charge in [0.15, 0.2) is 17.5 Å². The largest absolute Gasteiger partial charge is 0.310 e. The lowest BCUT2D eigenvalue weighted by Crippen LogP contribution is -2.34. The highest BCUT2D eigenvalue weighted by atomic mass is 19.2. The van der Waals surface area contributed by atoms with Gasteiger partial charge in [-0.15, -0.1) is 0 Å². The molecule has 0 fully saturated rings. The summed E-state index contributed by atoms with van der Waals surface area (Å²) in [6.07, 6.45) is 0.125. The minimum atomic E-state index is -1.49. The Hall–Kier alpha value is -1.36. The molecule has 1 atom stereocenters. The van der Waals surface area contributed by atoms with Crippen LogP contribution in [-0.4, -0.2) is 18.9 Å². The SMILES string of the molecule is CN[C@@H](Cc1cc(F)c(F)c(F)c1)C(C)=O. The lowest BCUT2D eigenvalue weighted by Gasteiger charge is -2.12. The molecule has 0 unspecified atom stereocenters. The number of Topliss-reactive ketones (excluding diaryl/α,β-unsaturated/α-hetero) is 1. The fraction of sp³-hybridized carbons (Fsp3) is 0.364. The molecular formula is C11H12F3NO. The van der Waals surface area contributed by atoms with Crippen LogP contribution in [0.2, 0.25) is 0 Å². The second-order valence-corrected chi connectivity index (χ2v) is 3.53. The Kier molecular flexibility index (Phi) is 4.06. The zero-order valence-corrected chi connectivity index (χ0v) is 8.98. The normalized spacial score (nSPS) is 12.6. The molecule has 0 radical (unpaired) electrons. The fourth-order valence-electron chi connectivity index (χ4n) is 1.41. The monoisotopic (exact) mass is 231 g/mol. The van der Waals surface area contributed by atoms with E-state index in [1.165, 1.54) is 6.92 Å². The summed E-state index contributed by atoms with van der Waals surface area (Å²) >= 11 is 0. The molecule has 0 aliphatic heterocycles. The van der Waals surface area contributed by atoms with E-state index in [2.05, 4.69) is 5.32 Å². The highest BCUT2D eigenvalue weighted by Crippen LogP contribution is 2.15. The van der Waals surface area contributed by atoms with Crippen LogP contribution in [0.3, 0.4) is 0 Å². The number of hydrogen-bond acceptors (Lipinski definition) is 2. The molecule has 0 saturated heterocycles. The molecule has 1 rings (SSSR count). The molecule has 0 amide bonds. The van der Waals surface area contributed by atoms with Crippen molar-refractivity contribution in [2.24, 2.45) is 0 Å². The molecule has 0 aliphatic carbocycles. The highest BCUT2D eigenvalue weighted by Gasteiger charge is 2.16. The van der Waals surface area contributed by atoms with Gasteiger partial charge in [0.25, 0.3) is 0 Å². The number of carbonyl (C=O) groups excluding carboxylic acids is 1. The van der Waals surface area contributed by atoms with Crippen molar-refractivity contribution in [3.05, 3.63) is 35.1 Å². The zero-order valence-electron chi connectivity index (χ0n) is 8.98. The van der Waals surface area contributed by atoms with Gasteiger partial charge in [0, 0.05) is 0 Å². The molecular weight excluding hydrogens is 219 g/mol. The smallest absolute Gasteiger partial charge is 0.194 e. The molecule has 0 bridgehead atoms. The van der Waals surface area contributed by atoms with Crippen LogP contribution >= 0.6 is 0 Å². The van der Waals surface area contributed by atoms with Crippen LogP contribution in [0.25, 0.3) is 0 Å². The van der Waals surface area contributed by atoms with Crippen molar-refractivity contribution >= 4 is 5.78 Å². The molecule has 0 saturated carbocycles. The highest BCUT2D eigenvalue weighted by molar-refractivity contribution is 5.81. The predicted molar refractivity (Wildman–Crippen MR) is 53.5 cm³/mol. The van der Waals surface area contributed by atoms with Gasteiger partial charge in [0.05, 0.1) is 6.04 Å². The van der Waals surface area contributed by atoms with Gasteiger partial charge in [0.2, 0.25) is 0 Å². The van der Waals surface area contributed by atoms with Gasteiger partial charge < -0.3 is 5.32 Å². The minimum absolute atomic E-state index is 0.125. The van der Waals surface area contributed by atoms with E-state index in [0.29, 0.717) is 0 Å². The quantitative estimate of drug-likeness (QED) is 0.801. The summed E-state index contributed by atoms with van der Waals surface area (Å²) in [5.74, 6) is -4.12. The van der Waals surface area contributed by atoms with Gasteiger partial charge in [-0.1, -0.05) is 0 Å². The Morgan fingerprint density at radius 1 is 1.31 bits per heavy atom. The summed E-state index contributed by atoms with van der Waals surface area (Å²) in [4.78, 5) is 11.1. The van der Waals surface area contributed by atoms with Crippen LogP contribution in [0, 0.1) is 17.5 Å². The van der Waals surface area contributed by atoms with Crippen molar-refractivity contribution in [2.75, 3.05) is 7.05 Å². The number of likely N-dealkylation sites (N-methyl/N-ethyl adjacent to an activating group) is 1. The summed E-state index contributed by atoms with van der Waals surface area (Å²) < 4.78 is 38.4. The van der Waals surface area contributed by atoms with Crippen molar-refractivity contribution in [3.63, 3.8) is 0 Å². The molecule has 5 heteroatoms. The first-order chi connectivity index (χ1) is 7.45. The first-order valence-electron chi connectivity index (χ1n) is 4.76. The maximum absolute atomic E-state index is 12.9. The standard InChI is InChI=1S/C11H12F3NO/c1-6(16)10(15-2)5-7-3-8(12)11(14)9(13)4-7/h3-4,10,15H,5H2,1-2H3/t10-/m0/s1. The molecule has 88 valence electrons. The Morgan fingerprint density at radius 3 is 2.19 bits per heavy atom. The van der Waals surface area contributed by atoms with Crippen LogP contribution < -0.4 is 5.32 Å². The summed E-state index contributed by atoms with van der Waals surface area (Å²) in [5.41, 5.74) is 0.242. The fourth-order valence-corrected chi connectivity index (χ4v) is 1.41. The van der Waals surface area contributed by atoms with Crippen molar-refractivity contribution in [1.29, 1.82) is 0 Å². The summed E-state index contributed by atoms with van der Waals surface area (Å²) in [6, 6.07) is 1.27. The van der Waals surface area contributed by atoms with Crippen LogP contribution in [0.4, 0.5) is 13.2 Å². The van der Waals surface area contributed by atoms with E-state index >= 15 is 0 Å². The summed E-state index contributed by atoms with van der Waals surface area (Å²) in [6.45, 7) is 1.37. The van der Waals surface area contributed by atoms with Crippen LogP contribution in [0.1, 0.15) is 12.5 Å². The number of benzene rings is 1. The molecule has 1 N–H and O–H groups in total. The first kappa shape index (κ1) is 12.7. The van der Waals surface area contributed by atoms with E-state index in [1.807, 2.05) is 0 Å². The second kappa shape index (κ2) is 5.12. The maximum atomic E-state index is 12.9. The average molecular weight is 231 g/mol. The van der Waals surface area contributed by atoms with E-state index < -0.39 is 23.5 Å². The Morgan fingerprint density at radius 2 is 1.81 bits per heavy atom. The molecule has 0 spiro atoms. The maximum Gasteiger partial charge on any atom is 0.194 e. The van der Waals surface area contributed by atoms with E-state index in [-0.39, 0.29) is 17.8 Å². The second-order valence-electron chi connectivity index (χ2n) is 3.53.